The first-order chi connectivity index (χ1) is 17.0. The van der Waals surface area contributed by atoms with Crippen molar-refractivity contribution >= 4 is 21.3 Å². The third-order valence-corrected chi connectivity index (χ3v) is 5.85. The molecule has 0 fully saturated rings. The summed E-state index contributed by atoms with van der Waals surface area (Å²) < 4.78 is 120. The number of amides is 1. The van der Waals surface area contributed by atoms with Crippen LogP contribution in [0.25, 0.3) is 0 Å². The molecule has 3 aromatic rings. The minimum Gasteiger partial charge on any atom is -0.438 e. The van der Waals surface area contributed by atoms with Gasteiger partial charge >= 0.3 is 12.5 Å². The van der Waals surface area contributed by atoms with E-state index in [4.69, 9.17) is 9.52 Å². The maximum absolute atomic E-state index is 14.4. The summed E-state index contributed by atoms with van der Waals surface area (Å²) >= 11 is 0. The zero-order chi connectivity index (χ0) is 27.8. The van der Waals surface area contributed by atoms with Crippen molar-refractivity contribution in [3.8, 4) is 17.4 Å². The fourth-order valence-corrected chi connectivity index (χ4v) is 3.62. The second kappa shape index (κ2) is 9.88. The van der Waals surface area contributed by atoms with Crippen LogP contribution in [0.2, 0.25) is 0 Å². The van der Waals surface area contributed by atoms with Gasteiger partial charge in [0.05, 0.1) is 15.3 Å². The van der Waals surface area contributed by atoms with Crippen molar-refractivity contribution in [1.29, 1.82) is 4.78 Å². The summed E-state index contributed by atoms with van der Waals surface area (Å²) in [4.78, 5) is 16.4. The maximum atomic E-state index is 14.4. The summed E-state index contributed by atoms with van der Waals surface area (Å²) in [6, 6.07) is 7.10. The summed E-state index contributed by atoms with van der Waals surface area (Å²) in [5, 5.41) is 2.28. The number of pyridine rings is 1. The normalized spacial score (nSPS) is 13.5. The van der Waals surface area contributed by atoms with Gasteiger partial charge in [0.25, 0.3) is 5.91 Å². The van der Waals surface area contributed by atoms with Crippen LogP contribution in [0.1, 0.15) is 21.5 Å². The van der Waals surface area contributed by atoms with Crippen LogP contribution in [-0.4, -0.2) is 27.7 Å². The van der Waals surface area contributed by atoms with Crippen LogP contribution in [-0.2, 0) is 15.9 Å². The summed E-state index contributed by atoms with van der Waals surface area (Å²) in [6.07, 6.45) is -8.61. The topological polar surface area (TPSA) is 101 Å². The van der Waals surface area contributed by atoms with E-state index in [2.05, 4.69) is 15.0 Å². The number of rotatable bonds is 6. The third kappa shape index (κ3) is 6.87. The van der Waals surface area contributed by atoms with Gasteiger partial charge < -0.3 is 14.8 Å². The molecule has 1 aromatic heterocycles. The minimum absolute atomic E-state index is 0.0106. The zero-order valence-electron chi connectivity index (χ0n) is 18.8. The highest BCUT2D eigenvalue weighted by molar-refractivity contribution is 7.91. The molecule has 15 heteroatoms. The molecule has 198 valence electrons. The zero-order valence-corrected chi connectivity index (χ0v) is 19.6. The van der Waals surface area contributed by atoms with Crippen molar-refractivity contribution in [3.05, 3.63) is 71.2 Å². The van der Waals surface area contributed by atoms with Crippen LogP contribution in [0.15, 0.2) is 53.6 Å². The summed E-state index contributed by atoms with van der Waals surface area (Å²) in [5.41, 5.74) is -2.59. The van der Waals surface area contributed by atoms with Crippen LogP contribution >= 0.6 is 0 Å². The molecule has 0 saturated carbocycles. The van der Waals surface area contributed by atoms with Gasteiger partial charge in [-0.05, 0) is 43.3 Å². The molecular formula is C22H16F7N3O4S. The van der Waals surface area contributed by atoms with Crippen LogP contribution in [0.5, 0.6) is 17.4 Å². The first-order valence-corrected chi connectivity index (χ1v) is 11.9. The highest BCUT2D eigenvalue weighted by Gasteiger charge is 2.34. The minimum atomic E-state index is -5.18. The number of benzene rings is 2. The average Bonchev–Trinajstić information content (AvgIpc) is 2.77. The van der Waals surface area contributed by atoms with Crippen molar-refractivity contribution in [2.24, 2.45) is 0 Å². The number of alkyl halides is 6. The molecule has 3 rings (SSSR count). The molecule has 0 radical (unpaired) electrons. The number of aromatic nitrogens is 1. The van der Waals surface area contributed by atoms with Crippen LogP contribution in [0.3, 0.4) is 0 Å². The summed E-state index contributed by atoms with van der Waals surface area (Å²) in [7, 11) is -3.18. The second-order valence-electron chi connectivity index (χ2n) is 7.55. The number of hydrogen-bond acceptors (Lipinski definition) is 6. The molecule has 1 heterocycles. The van der Waals surface area contributed by atoms with E-state index in [0.29, 0.717) is 18.3 Å². The van der Waals surface area contributed by atoms with Gasteiger partial charge in [-0.3, -0.25) is 4.79 Å². The first-order valence-electron chi connectivity index (χ1n) is 9.91. The Morgan fingerprint density at radius 1 is 1.05 bits per heavy atom. The number of carbonyl (C=O) groups is 1. The molecular weight excluding hydrogens is 535 g/mol. The van der Waals surface area contributed by atoms with Gasteiger partial charge in [0.1, 0.15) is 11.3 Å². The predicted molar refractivity (Wildman–Crippen MR) is 117 cm³/mol. The maximum Gasteiger partial charge on any atom is 0.573 e. The lowest BCUT2D eigenvalue weighted by atomic mass is 10.1. The van der Waals surface area contributed by atoms with E-state index in [-0.39, 0.29) is 10.6 Å². The van der Waals surface area contributed by atoms with E-state index < -0.39 is 68.1 Å². The molecule has 2 N–H and O–H groups in total. The van der Waals surface area contributed by atoms with E-state index in [1.807, 2.05) is 0 Å². The number of carbonyl (C=O) groups excluding carboxylic acids is 1. The van der Waals surface area contributed by atoms with E-state index in [1.54, 1.807) is 0 Å². The number of nitrogens with zero attached hydrogens (tertiary/aromatic N) is 1. The average molecular weight is 551 g/mol. The van der Waals surface area contributed by atoms with Crippen molar-refractivity contribution in [2.75, 3.05) is 11.6 Å². The standard InChI is InChI=1S/C22H16F7N3O4S/c1-11-16(6-7-17(18(11)23)36-22(27,28)29)35-20-15(8-12(10-31-20)21(24,25)26)19(33)32-13-4-3-5-14(9-13)37(2,30)34/h3-10,30H,1-2H3,(H,32,33). The molecule has 1 unspecified atom stereocenters. The van der Waals surface area contributed by atoms with Crippen LogP contribution in [0.4, 0.5) is 36.4 Å². The Labute approximate surface area is 205 Å². The molecule has 1 atom stereocenters. The molecule has 37 heavy (non-hydrogen) atoms. The Balaban J connectivity index is 2.01. The third-order valence-electron chi connectivity index (χ3n) is 4.70. The van der Waals surface area contributed by atoms with Gasteiger partial charge in [0.15, 0.2) is 11.6 Å². The van der Waals surface area contributed by atoms with E-state index in [0.717, 1.165) is 19.2 Å². The van der Waals surface area contributed by atoms with E-state index in [9.17, 15) is 39.7 Å². The number of ether oxygens (including phenoxy) is 2. The van der Waals surface area contributed by atoms with Crippen molar-refractivity contribution in [2.45, 2.75) is 24.4 Å². The largest absolute Gasteiger partial charge is 0.573 e. The number of nitrogens with one attached hydrogen (secondary N) is 2. The smallest absolute Gasteiger partial charge is 0.438 e. The summed E-state index contributed by atoms with van der Waals surface area (Å²) in [5.74, 6) is -4.95. The van der Waals surface area contributed by atoms with Gasteiger partial charge in [0, 0.05) is 28.6 Å². The SMILES string of the molecule is Cc1c(Oc2ncc(C(F)(F)F)cc2C(=O)Nc2cccc(S(C)(=N)=O)c2)ccc(OC(F)(F)F)c1F. The Morgan fingerprint density at radius 3 is 2.30 bits per heavy atom. The quantitative estimate of drug-likeness (QED) is 0.340. The highest BCUT2D eigenvalue weighted by atomic mass is 32.2. The summed E-state index contributed by atoms with van der Waals surface area (Å²) in [6.45, 7) is 1.02. The Bertz CT molecular complexity index is 1460. The predicted octanol–water partition coefficient (Wildman–Crippen LogP) is 6.53. The molecule has 0 aliphatic carbocycles. The Hall–Kier alpha value is -3.88. The first kappa shape index (κ1) is 27.7. The molecule has 0 saturated heterocycles. The Kier molecular flexibility index (Phi) is 7.40. The molecule has 2 aromatic carbocycles. The lowest BCUT2D eigenvalue weighted by molar-refractivity contribution is -0.275. The fourth-order valence-electron chi connectivity index (χ4n) is 2.93. The van der Waals surface area contributed by atoms with Gasteiger partial charge in [0.2, 0.25) is 5.88 Å². The lowest BCUT2D eigenvalue weighted by Gasteiger charge is -2.16. The molecule has 0 aliphatic rings. The second-order valence-corrected chi connectivity index (χ2v) is 9.71. The van der Waals surface area contributed by atoms with Crippen molar-refractivity contribution in [1.82, 2.24) is 4.98 Å². The number of hydrogen-bond donors (Lipinski definition) is 2. The van der Waals surface area contributed by atoms with Gasteiger partial charge in [-0.2, -0.15) is 13.2 Å². The lowest BCUT2D eigenvalue weighted by Crippen LogP contribution is -2.18. The monoisotopic (exact) mass is 551 g/mol. The molecule has 7 nitrogen and oxygen atoms in total. The van der Waals surface area contributed by atoms with Crippen molar-refractivity contribution in [3.63, 3.8) is 0 Å². The molecule has 0 aliphatic heterocycles. The molecule has 0 spiro atoms. The van der Waals surface area contributed by atoms with E-state index in [1.165, 1.54) is 24.3 Å². The fraction of sp³-hybridized carbons (Fsp3) is 0.182. The molecule has 1 amide bonds. The number of halogens is 7. The van der Waals surface area contributed by atoms with Crippen LogP contribution in [0, 0.1) is 17.5 Å². The molecule has 0 bridgehead atoms. The van der Waals surface area contributed by atoms with E-state index >= 15 is 0 Å². The van der Waals surface area contributed by atoms with Crippen LogP contribution < -0.4 is 14.8 Å². The van der Waals surface area contributed by atoms with Gasteiger partial charge in [-0.15, -0.1) is 13.2 Å². The Morgan fingerprint density at radius 2 is 1.70 bits per heavy atom. The van der Waals surface area contributed by atoms with Gasteiger partial charge in [-0.1, -0.05) is 6.07 Å². The van der Waals surface area contributed by atoms with Gasteiger partial charge in [-0.25, -0.2) is 18.4 Å². The number of anilines is 1. The van der Waals surface area contributed by atoms with Crippen molar-refractivity contribution < 1.29 is 49.2 Å². The highest BCUT2D eigenvalue weighted by Crippen LogP contribution is 2.36.